The van der Waals surface area contributed by atoms with E-state index in [-0.39, 0.29) is 11.9 Å². The van der Waals surface area contributed by atoms with Crippen molar-refractivity contribution in [3.63, 3.8) is 0 Å². The molecule has 0 bridgehead atoms. The van der Waals surface area contributed by atoms with E-state index in [4.69, 9.17) is 5.11 Å². The number of aliphatic carboxylic acids is 1. The molecule has 1 N–H and O–H groups in total. The number of carboxylic acids is 1. The number of unbranched alkanes of at least 4 members (excludes halogenated alkanes) is 1. The molecule has 0 aliphatic rings. The first-order chi connectivity index (χ1) is 4.72. The molecular formula is C7H11FO2. The van der Waals surface area contributed by atoms with Crippen molar-refractivity contribution in [1.29, 1.82) is 0 Å². The Kier molecular flexibility index (Phi) is 4.54. The first-order valence-corrected chi connectivity index (χ1v) is 3.25. The Hall–Kier alpha value is -0.860. The quantitative estimate of drug-likeness (QED) is 0.617. The van der Waals surface area contributed by atoms with Gasteiger partial charge in [0, 0.05) is 0 Å². The van der Waals surface area contributed by atoms with Crippen LogP contribution in [0.2, 0.25) is 0 Å². The summed E-state index contributed by atoms with van der Waals surface area (Å²) in [5.41, 5.74) is -0.137. The maximum absolute atomic E-state index is 11.7. The highest BCUT2D eigenvalue weighted by atomic mass is 19.1. The van der Waals surface area contributed by atoms with Crippen molar-refractivity contribution >= 4 is 5.97 Å². The van der Waals surface area contributed by atoms with Crippen LogP contribution in [0.3, 0.4) is 0 Å². The highest BCUT2D eigenvalue weighted by Crippen LogP contribution is 2.06. The molecule has 0 fully saturated rings. The molecule has 0 unspecified atom stereocenters. The average molecular weight is 146 g/mol. The molecule has 2 nitrogen and oxygen atoms in total. The molecule has 3 heteroatoms. The van der Waals surface area contributed by atoms with Crippen molar-refractivity contribution in [2.45, 2.75) is 26.2 Å². The van der Waals surface area contributed by atoms with Crippen molar-refractivity contribution in [3.05, 3.63) is 11.9 Å². The van der Waals surface area contributed by atoms with Gasteiger partial charge in [-0.25, -0.2) is 9.18 Å². The van der Waals surface area contributed by atoms with Gasteiger partial charge in [-0.3, -0.25) is 0 Å². The molecule has 0 saturated carbocycles. The van der Waals surface area contributed by atoms with Crippen LogP contribution < -0.4 is 0 Å². The largest absolute Gasteiger partial charge is 0.478 e. The summed E-state index contributed by atoms with van der Waals surface area (Å²) in [6.45, 7) is 1.93. The monoisotopic (exact) mass is 146 g/mol. The zero-order valence-electron chi connectivity index (χ0n) is 5.93. The zero-order valence-corrected chi connectivity index (χ0v) is 5.93. The molecule has 0 aliphatic carbocycles. The molecule has 0 aromatic rings. The first-order valence-electron chi connectivity index (χ1n) is 3.25. The normalized spacial score (nSPS) is 11.6. The van der Waals surface area contributed by atoms with Gasteiger partial charge >= 0.3 is 5.97 Å². The van der Waals surface area contributed by atoms with Crippen molar-refractivity contribution in [2.24, 2.45) is 0 Å². The van der Waals surface area contributed by atoms with E-state index in [1.807, 2.05) is 6.92 Å². The van der Waals surface area contributed by atoms with Gasteiger partial charge in [0.05, 0.1) is 11.9 Å². The summed E-state index contributed by atoms with van der Waals surface area (Å²) >= 11 is 0. The van der Waals surface area contributed by atoms with Gasteiger partial charge in [-0.15, -0.1) is 0 Å². The topological polar surface area (TPSA) is 37.3 Å². The number of carbonyl (C=O) groups is 1. The van der Waals surface area contributed by atoms with Crippen LogP contribution in [0.4, 0.5) is 4.39 Å². The minimum atomic E-state index is -1.16. The van der Waals surface area contributed by atoms with Crippen LogP contribution in [-0.2, 0) is 4.79 Å². The molecule has 0 rings (SSSR count). The van der Waals surface area contributed by atoms with Crippen LogP contribution in [0.1, 0.15) is 26.2 Å². The van der Waals surface area contributed by atoms with Crippen LogP contribution in [0.15, 0.2) is 11.9 Å². The van der Waals surface area contributed by atoms with E-state index in [1.165, 1.54) is 0 Å². The molecule has 58 valence electrons. The summed E-state index contributed by atoms with van der Waals surface area (Å²) in [4.78, 5) is 10.1. The predicted octanol–water partition coefficient (Wildman–Crippen LogP) is 2.11. The lowest BCUT2D eigenvalue weighted by molar-refractivity contribution is -0.132. The van der Waals surface area contributed by atoms with E-state index < -0.39 is 5.97 Å². The second-order valence-corrected chi connectivity index (χ2v) is 2.04. The van der Waals surface area contributed by atoms with E-state index in [2.05, 4.69) is 0 Å². The Morgan fingerprint density at radius 1 is 1.70 bits per heavy atom. The highest BCUT2D eigenvalue weighted by molar-refractivity contribution is 5.86. The van der Waals surface area contributed by atoms with E-state index in [0.717, 1.165) is 12.8 Å². The lowest BCUT2D eigenvalue weighted by Gasteiger charge is -1.95. The molecule has 10 heavy (non-hydrogen) atoms. The summed E-state index contributed by atoms with van der Waals surface area (Å²) in [7, 11) is 0. The lowest BCUT2D eigenvalue weighted by atomic mass is 10.1. The standard InChI is InChI=1S/C7H11FO2/c1-2-3-4-6(5-8)7(9)10/h5H,2-4H2,1H3,(H,9,10)/b6-5-. The Bertz CT molecular complexity index is 141. The maximum atomic E-state index is 11.7. The summed E-state index contributed by atoms with van der Waals surface area (Å²) in [6.07, 6.45) is 2.09. The minimum absolute atomic E-state index is 0.137. The number of halogens is 1. The van der Waals surface area contributed by atoms with Crippen LogP contribution >= 0.6 is 0 Å². The third-order valence-corrected chi connectivity index (χ3v) is 1.21. The zero-order chi connectivity index (χ0) is 7.98. The van der Waals surface area contributed by atoms with Gasteiger partial charge < -0.3 is 5.11 Å². The first kappa shape index (κ1) is 9.14. The van der Waals surface area contributed by atoms with Gasteiger partial charge in [0.25, 0.3) is 0 Å². The second kappa shape index (κ2) is 4.97. The van der Waals surface area contributed by atoms with Crippen LogP contribution in [-0.4, -0.2) is 11.1 Å². The molecule has 0 aromatic carbocycles. The molecule has 0 aromatic heterocycles. The fourth-order valence-electron chi connectivity index (χ4n) is 0.575. The lowest BCUT2D eigenvalue weighted by Crippen LogP contribution is -1.99. The fraction of sp³-hybridized carbons (Fsp3) is 0.571. The summed E-state index contributed by atoms with van der Waals surface area (Å²) in [5.74, 6) is -1.16. The second-order valence-electron chi connectivity index (χ2n) is 2.04. The third kappa shape index (κ3) is 3.22. The SMILES string of the molecule is CCCC/C(=C/F)C(=O)O. The van der Waals surface area contributed by atoms with Crippen LogP contribution in [0, 0.1) is 0 Å². The molecule has 0 spiro atoms. The number of carboxylic acid groups (broad SMARTS) is 1. The van der Waals surface area contributed by atoms with Gasteiger partial charge in [0.2, 0.25) is 0 Å². The van der Waals surface area contributed by atoms with E-state index in [0.29, 0.717) is 6.42 Å². The van der Waals surface area contributed by atoms with Crippen molar-refractivity contribution < 1.29 is 14.3 Å². The molecule has 0 atom stereocenters. The summed E-state index contributed by atoms with van der Waals surface area (Å²) in [5, 5.41) is 8.29. The van der Waals surface area contributed by atoms with Crippen LogP contribution in [0.5, 0.6) is 0 Å². The smallest absolute Gasteiger partial charge is 0.333 e. The van der Waals surface area contributed by atoms with Crippen molar-refractivity contribution in [3.8, 4) is 0 Å². The van der Waals surface area contributed by atoms with Crippen LogP contribution in [0.25, 0.3) is 0 Å². The third-order valence-electron chi connectivity index (χ3n) is 1.21. The van der Waals surface area contributed by atoms with Gasteiger partial charge in [0.1, 0.15) is 0 Å². The summed E-state index contributed by atoms with van der Waals surface area (Å²) < 4.78 is 11.7. The van der Waals surface area contributed by atoms with E-state index in [9.17, 15) is 9.18 Å². The van der Waals surface area contributed by atoms with Gasteiger partial charge in [0.15, 0.2) is 0 Å². The Morgan fingerprint density at radius 2 is 2.30 bits per heavy atom. The van der Waals surface area contributed by atoms with E-state index in [1.54, 1.807) is 0 Å². The molecule has 0 heterocycles. The molecule has 0 amide bonds. The molecule has 0 aliphatic heterocycles. The summed E-state index contributed by atoms with van der Waals surface area (Å²) in [6, 6.07) is 0. The highest BCUT2D eigenvalue weighted by Gasteiger charge is 2.04. The average Bonchev–Trinajstić information content (AvgIpc) is 1.89. The van der Waals surface area contributed by atoms with E-state index >= 15 is 0 Å². The van der Waals surface area contributed by atoms with Gasteiger partial charge in [-0.1, -0.05) is 13.3 Å². The molecular weight excluding hydrogens is 135 g/mol. The van der Waals surface area contributed by atoms with Gasteiger partial charge in [-0.05, 0) is 12.8 Å². The number of rotatable bonds is 4. The Balaban J connectivity index is 3.74. The van der Waals surface area contributed by atoms with Crippen molar-refractivity contribution in [1.82, 2.24) is 0 Å². The number of hydrogen-bond donors (Lipinski definition) is 1. The minimum Gasteiger partial charge on any atom is -0.478 e. The fourth-order valence-corrected chi connectivity index (χ4v) is 0.575. The maximum Gasteiger partial charge on any atom is 0.333 e. The van der Waals surface area contributed by atoms with Gasteiger partial charge in [-0.2, -0.15) is 0 Å². The predicted molar refractivity (Wildman–Crippen MR) is 36.4 cm³/mol. The Labute approximate surface area is 59.4 Å². The molecule has 0 radical (unpaired) electrons. The van der Waals surface area contributed by atoms with Crippen molar-refractivity contribution in [2.75, 3.05) is 0 Å². The Morgan fingerprint density at radius 3 is 2.60 bits per heavy atom. The number of hydrogen-bond acceptors (Lipinski definition) is 1. The molecule has 0 saturated heterocycles.